The van der Waals surface area contributed by atoms with Crippen LogP contribution in [0.4, 0.5) is 0 Å². The predicted octanol–water partition coefficient (Wildman–Crippen LogP) is 2.14. The molecule has 1 saturated heterocycles. The number of rotatable bonds is 5. The summed E-state index contributed by atoms with van der Waals surface area (Å²) < 4.78 is 67.4. The van der Waals surface area contributed by atoms with Crippen LogP contribution in [-0.4, -0.2) is 58.3 Å². The van der Waals surface area contributed by atoms with Gasteiger partial charge in [0.1, 0.15) is 0 Å². The molecule has 26 heavy (non-hydrogen) atoms. The number of Topliss-reactive ketones (excluding diaryl/α,β-unsaturated/α-hetero) is 1. The van der Waals surface area contributed by atoms with Gasteiger partial charge in [-0.1, -0.05) is 0 Å². The van der Waals surface area contributed by atoms with Gasteiger partial charge in [0.05, 0.1) is 37.3 Å². The highest BCUT2D eigenvalue weighted by Gasteiger charge is 2.15. The Hall–Kier alpha value is -2.70. The Labute approximate surface area is 163 Å². The highest BCUT2D eigenvalue weighted by atomic mass is 16.5. The Morgan fingerprint density at radius 2 is 2.00 bits per heavy atom. The quantitative estimate of drug-likeness (QED) is 0.698. The molecule has 3 aromatic rings. The minimum absolute atomic E-state index is 0.233. The van der Waals surface area contributed by atoms with Crippen LogP contribution >= 0.6 is 0 Å². The molecule has 0 bridgehead atoms. The van der Waals surface area contributed by atoms with Crippen LogP contribution in [0.25, 0.3) is 22.0 Å². The number of aromatic nitrogens is 3. The summed E-state index contributed by atoms with van der Waals surface area (Å²) in [6.07, 6.45) is 6.19. The van der Waals surface area contributed by atoms with Crippen LogP contribution < -0.4 is 0 Å². The number of hydrogen-bond donors (Lipinski definition) is 0. The number of ether oxygens (including phenoxy) is 1. The second-order valence-electron chi connectivity index (χ2n) is 5.67. The minimum atomic E-state index is -3.20. The van der Waals surface area contributed by atoms with Crippen molar-refractivity contribution in [3.05, 3.63) is 54.7 Å². The summed E-state index contributed by atoms with van der Waals surface area (Å²) >= 11 is 0. The number of carbonyl (C=O) groups excluding carboxylic acids is 1. The summed E-state index contributed by atoms with van der Waals surface area (Å²) in [6, 6.07) is 7.11. The predicted molar refractivity (Wildman–Crippen MR) is 98.7 cm³/mol. The van der Waals surface area contributed by atoms with Crippen molar-refractivity contribution in [3.63, 3.8) is 0 Å². The van der Waals surface area contributed by atoms with E-state index in [4.69, 9.17) is 11.0 Å². The van der Waals surface area contributed by atoms with Gasteiger partial charge in [-0.25, -0.2) is 0 Å². The Balaban J connectivity index is 1.59. The molecule has 0 atom stereocenters. The average molecular weight is 356 g/mol. The molecule has 0 aliphatic carbocycles. The molecule has 0 aromatic carbocycles. The zero-order valence-electron chi connectivity index (χ0n) is 21.6. The molecule has 0 radical (unpaired) electrons. The maximum atomic E-state index is 12.8. The first-order valence-corrected chi connectivity index (χ1v) is 7.89. The van der Waals surface area contributed by atoms with Gasteiger partial charge in [0, 0.05) is 59.9 Å². The third kappa shape index (κ3) is 3.92. The maximum Gasteiger partial charge on any atom is 0.152 e. The van der Waals surface area contributed by atoms with Crippen molar-refractivity contribution in [2.75, 3.05) is 32.7 Å². The highest BCUT2D eigenvalue weighted by Crippen LogP contribution is 2.21. The molecule has 0 N–H and O–H groups in total. The van der Waals surface area contributed by atoms with Crippen LogP contribution in [0.3, 0.4) is 0 Å². The standard InChI is InChI=1S/C20H20N4O2/c25-19(14-24-4-6-26-7-5-24)10-18-8-16-9-20(15-2-1-3-21-11-15)23-13-17(16)12-22-18/h1-3,8-9,11-13H,4-7,10,14H2/i4D2,5D2,6D2,7D2. The molecule has 132 valence electrons. The van der Waals surface area contributed by atoms with Crippen LogP contribution in [0, 0.1) is 0 Å². The van der Waals surface area contributed by atoms with E-state index in [9.17, 15) is 4.79 Å². The lowest BCUT2D eigenvalue weighted by molar-refractivity contribution is -0.120. The zero-order chi connectivity index (χ0) is 24.9. The normalized spacial score (nSPS) is 27.5. The fourth-order valence-corrected chi connectivity index (χ4v) is 2.58. The summed E-state index contributed by atoms with van der Waals surface area (Å²) in [7, 11) is 0. The lowest BCUT2D eigenvalue weighted by Gasteiger charge is -2.25. The van der Waals surface area contributed by atoms with Crippen molar-refractivity contribution < 1.29 is 20.5 Å². The molecular weight excluding hydrogens is 328 g/mol. The first kappa shape index (κ1) is 9.85. The van der Waals surface area contributed by atoms with E-state index in [2.05, 4.69) is 19.7 Å². The van der Waals surface area contributed by atoms with E-state index in [-0.39, 0.29) is 11.3 Å². The van der Waals surface area contributed by atoms with Crippen molar-refractivity contribution in [2.24, 2.45) is 0 Å². The number of hydrogen-bond acceptors (Lipinski definition) is 6. The van der Waals surface area contributed by atoms with Gasteiger partial charge in [0.15, 0.2) is 5.78 Å². The number of ketones is 1. The number of morpholine rings is 1. The maximum absolute atomic E-state index is 12.8. The molecule has 4 rings (SSSR count). The Morgan fingerprint density at radius 3 is 2.81 bits per heavy atom. The molecule has 4 heterocycles. The molecule has 1 aliphatic heterocycles. The van der Waals surface area contributed by atoms with E-state index in [1.54, 1.807) is 30.7 Å². The van der Waals surface area contributed by atoms with E-state index in [0.717, 1.165) is 16.3 Å². The summed E-state index contributed by atoms with van der Waals surface area (Å²) in [5, 5.41) is 1.47. The van der Waals surface area contributed by atoms with Crippen LogP contribution in [0.2, 0.25) is 0 Å². The molecule has 6 nitrogen and oxygen atoms in total. The van der Waals surface area contributed by atoms with E-state index >= 15 is 0 Å². The van der Waals surface area contributed by atoms with Crippen LogP contribution in [-0.2, 0) is 16.0 Å². The lowest BCUT2D eigenvalue weighted by atomic mass is 10.1. The Bertz CT molecular complexity index is 1210. The molecule has 0 unspecified atom stereocenters. The summed E-state index contributed by atoms with van der Waals surface area (Å²) in [5.41, 5.74) is 1.81. The molecule has 0 spiro atoms. The monoisotopic (exact) mass is 356 g/mol. The van der Waals surface area contributed by atoms with Gasteiger partial charge in [-0.2, -0.15) is 0 Å². The number of pyridine rings is 3. The van der Waals surface area contributed by atoms with Gasteiger partial charge in [0.2, 0.25) is 0 Å². The van der Waals surface area contributed by atoms with Gasteiger partial charge in [0.25, 0.3) is 0 Å². The fourth-order valence-electron chi connectivity index (χ4n) is 2.58. The van der Waals surface area contributed by atoms with Crippen LogP contribution in [0.1, 0.15) is 16.7 Å². The van der Waals surface area contributed by atoms with Gasteiger partial charge in [-0.15, -0.1) is 0 Å². The average Bonchev–Trinajstić information content (AvgIpc) is 2.75. The highest BCUT2D eigenvalue weighted by molar-refractivity contribution is 5.87. The lowest BCUT2D eigenvalue weighted by Crippen LogP contribution is -2.39. The number of carbonyl (C=O) groups is 1. The summed E-state index contributed by atoms with van der Waals surface area (Å²) in [4.78, 5) is 25.7. The SMILES string of the molecule is [2H]C1([2H])OC([2H])([2H])C([2H])([2H])N(CC(=O)Cc2cc3cc(-c4cccnc4)ncc3cn2)C1([2H])[2H]. The molecule has 6 heteroatoms. The number of fused-ring (bicyclic) bond motifs is 1. The Kier molecular flexibility index (Phi) is 2.91. The van der Waals surface area contributed by atoms with E-state index in [1.807, 2.05) is 12.1 Å². The van der Waals surface area contributed by atoms with Crippen LogP contribution in [0.5, 0.6) is 0 Å². The second-order valence-corrected chi connectivity index (χ2v) is 5.67. The molecule has 1 aliphatic rings. The summed E-state index contributed by atoms with van der Waals surface area (Å²) in [5.74, 6) is -0.672. The van der Waals surface area contributed by atoms with Gasteiger partial charge in [-0.3, -0.25) is 24.6 Å². The Morgan fingerprint density at radius 1 is 1.15 bits per heavy atom. The first-order valence-electron chi connectivity index (χ1n) is 11.9. The van der Waals surface area contributed by atoms with Crippen LogP contribution in [0.15, 0.2) is 49.1 Å². The van der Waals surface area contributed by atoms with Crippen molar-refractivity contribution in [2.45, 2.75) is 6.42 Å². The third-order valence-electron chi connectivity index (χ3n) is 3.79. The van der Waals surface area contributed by atoms with Crippen molar-refractivity contribution >= 4 is 16.6 Å². The van der Waals surface area contributed by atoms with E-state index < -0.39 is 38.4 Å². The molecule has 3 aromatic heterocycles. The third-order valence-corrected chi connectivity index (χ3v) is 3.79. The zero-order valence-corrected chi connectivity index (χ0v) is 13.6. The topological polar surface area (TPSA) is 68.2 Å². The van der Waals surface area contributed by atoms with Crippen molar-refractivity contribution in [1.29, 1.82) is 0 Å². The van der Waals surface area contributed by atoms with E-state index in [1.165, 1.54) is 6.20 Å². The second kappa shape index (κ2) is 7.68. The number of nitrogens with zero attached hydrogens (tertiary/aromatic N) is 4. The van der Waals surface area contributed by atoms with Crippen molar-refractivity contribution in [3.8, 4) is 11.3 Å². The van der Waals surface area contributed by atoms with Crippen molar-refractivity contribution in [1.82, 2.24) is 19.9 Å². The minimum Gasteiger partial charge on any atom is -0.379 e. The largest absolute Gasteiger partial charge is 0.379 e. The molecule has 0 saturated carbocycles. The molecule has 0 amide bonds. The van der Waals surface area contributed by atoms with E-state index in [0.29, 0.717) is 11.4 Å². The van der Waals surface area contributed by atoms with Gasteiger partial charge >= 0.3 is 0 Å². The summed E-state index contributed by atoms with van der Waals surface area (Å²) in [6.45, 7) is -13.5. The first-order chi connectivity index (χ1) is 15.7. The van der Waals surface area contributed by atoms with Gasteiger partial charge < -0.3 is 4.74 Å². The smallest absolute Gasteiger partial charge is 0.152 e. The van der Waals surface area contributed by atoms with Gasteiger partial charge in [-0.05, 0) is 29.7 Å². The molecule has 1 fully saturated rings. The molecular formula is C20H20N4O2. The fraction of sp³-hybridized carbons (Fsp3) is 0.300.